The second-order valence-electron chi connectivity index (χ2n) is 10.0. The predicted octanol–water partition coefficient (Wildman–Crippen LogP) is 7.75. The number of hydrogen-bond donors (Lipinski definition) is 3. The molecule has 0 saturated carbocycles. The summed E-state index contributed by atoms with van der Waals surface area (Å²) in [5.41, 5.74) is 4.31. The average Bonchev–Trinajstić information content (AvgIpc) is 3.51. The summed E-state index contributed by atoms with van der Waals surface area (Å²) in [6.07, 6.45) is 1.95. The molecule has 0 bridgehead atoms. The molecule has 0 atom stereocenters. The van der Waals surface area contributed by atoms with Crippen LogP contribution in [-0.2, 0) is 6.54 Å². The molecule has 14 heteroatoms. The summed E-state index contributed by atoms with van der Waals surface area (Å²) in [5, 5.41) is 19.2. The minimum absolute atomic E-state index is 0.0235. The van der Waals surface area contributed by atoms with E-state index < -0.39 is 18.6 Å². The fraction of sp³-hybridized carbons (Fsp3) is 0.233. The Bertz CT molecular complexity index is 1620. The largest absolute Gasteiger partial charge is 0.408 e. The van der Waals surface area contributed by atoms with Crippen LogP contribution in [0.15, 0.2) is 77.8 Å². The minimum atomic E-state index is -4.55. The number of nitrogens with one attached hydrogen (secondary N) is 3. The normalized spacial score (nSPS) is 13.8. The molecule has 4 aromatic rings. The monoisotopic (exact) mass is 642 g/mol. The van der Waals surface area contributed by atoms with E-state index in [0.717, 1.165) is 31.2 Å². The summed E-state index contributed by atoms with van der Waals surface area (Å²) < 4.78 is 40.3. The van der Waals surface area contributed by atoms with Crippen LogP contribution < -0.4 is 15.5 Å². The Morgan fingerprint density at radius 3 is 2.32 bits per heavy atom. The van der Waals surface area contributed by atoms with Gasteiger partial charge in [-0.3, -0.25) is 10.1 Å². The average molecular weight is 644 g/mol. The van der Waals surface area contributed by atoms with Crippen LogP contribution in [0.5, 0.6) is 0 Å². The molecule has 3 N–H and O–H groups in total. The van der Waals surface area contributed by atoms with Crippen LogP contribution in [0.4, 0.5) is 30.5 Å². The highest BCUT2D eigenvalue weighted by Crippen LogP contribution is 2.30. The van der Waals surface area contributed by atoms with Crippen molar-refractivity contribution in [2.45, 2.75) is 38.4 Å². The van der Waals surface area contributed by atoms with Gasteiger partial charge in [0.15, 0.2) is 0 Å². The van der Waals surface area contributed by atoms with Crippen LogP contribution in [0.25, 0.3) is 5.57 Å². The molecular formula is C30H27Cl2F3N8O. The second-order valence-corrected chi connectivity index (χ2v) is 10.9. The molecule has 0 fully saturated rings. The van der Waals surface area contributed by atoms with Crippen LogP contribution in [-0.4, -0.2) is 45.2 Å². The van der Waals surface area contributed by atoms with Crippen molar-refractivity contribution >= 4 is 58.0 Å². The number of rotatable bonds is 8. The maximum Gasteiger partial charge on any atom is 0.408 e. The highest BCUT2D eigenvalue weighted by Gasteiger charge is 2.28. The van der Waals surface area contributed by atoms with Gasteiger partial charge in [-0.15, -0.1) is 5.10 Å². The van der Waals surface area contributed by atoms with E-state index in [9.17, 15) is 18.0 Å². The van der Waals surface area contributed by atoms with Crippen molar-refractivity contribution < 1.29 is 18.0 Å². The highest BCUT2D eigenvalue weighted by molar-refractivity contribution is 6.35. The lowest BCUT2D eigenvalue weighted by atomic mass is 9.93. The maximum atomic E-state index is 13.4. The first-order chi connectivity index (χ1) is 21.1. The summed E-state index contributed by atoms with van der Waals surface area (Å²) in [7, 11) is 0. The fourth-order valence-electron chi connectivity index (χ4n) is 4.69. The van der Waals surface area contributed by atoms with Gasteiger partial charge in [-0.2, -0.15) is 18.4 Å². The van der Waals surface area contributed by atoms with Crippen molar-refractivity contribution in [3.05, 3.63) is 99.5 Å². The lowest BCUT2D eigenvalue weighted by Gasteiger charge is -2.28. The van der Waals surface area contributed by atoms with Crippen LogP contribution in [0.1, 0.15) is 47.2 Å². The van der Waals surface area contributed by atoms with Crippen molar-refractivity contribution in [1.82, 2.24) is 20.6 Å². The number of carbonyl (C=O) groups is 1. The van der Waals surface area contributed by atoms with Gasteiger partial charge in [0.2, 0.25) is 5.96 Å². The van der Waals surface area contributed by atoms with E-state index in [1.807, 2.05) is 24.3 Å². The Kier molecular flexibility index (Phi) is 9.81. The molecule has 1 amide bonds. The van der Waals surface area contributed by atoms with Gasteiger partial charge in [0.25, 0.3) is 11.9 Å². The number of allylic oxidation sites excluding steroid dienone is 2. The third-order valence-electron chi connectivity index (χ3n) is 6.75. The zero-order valence-corrected chi connectivity index (χ0v) is 24.7. The van der Waals surface area contributed by atoms with E-state index in [0.29, 0.717) is 32.5 Å². The topological polar surface area (TPSA) is 111 Å². The van der Waals surface area contributed by atoms with E-state index in [2.05, 4.69) is 42.3 Å². The zero-order chi connectivity index (χ0) is 31.1. The Morgan fingerprint density at radius 2 is 1.70 bits per heavy atom. The molecule has 0 radical (unpaired) electrons. The number of halogens is 5. The Labute approximate surface area is 261 Å². The minimum Gasteiger partial charge on any atom is -0.326 e. The number of amides is 1. The molecule has 1 heterocycles. The van der Waals surface area contributed by atoms with Gasteiger partial charge in [-0.25, -0.2) is 4.99 Å². The number of H-pyrrole nitrogens is 1. The Morgan fingerprint density at radius 1 is 0.977 bits per heavy atom. The third kappa shape index (κ3) is 8.57. The first-order valence-electron chi connectivity index (χ1n) is 13.7. The SMILES string of the molecule is O=C(Nc1nn[nH]n1)c1ccc(CN(C(=NCC(F)(F)F)Nc2cc(Cl)cc(Cl)c2)c2ccc(C3=CCCCC3)cc2)cc1. The number of aliphatic imine (C=N–C) groups is 1. The number of tetrazole rings is 1. The molecule has 0 aliphatic heterocycles. The fourth-order valence-corrected chi connectivity index (χ4v) is 5.21. The first kappa shape index (κ1) is 31.0. The maximum absolute atomic E-state index is 13.4. The highest BCUT2D eigenvalue weighted by atomic mass is 35.5. The number of carbonyl (C=O) groups excluding carboxylic acids is 1. The Hall–Kier alpha value is -4.42. The quantitative estimate of drug-likeness (QED) is 0.134. The zero-order valence-electron chi connectivity index (χ0n) is 23.2. The lowest BCUT2D eigenvalue weighted by molar-refractivity contribution is -0.118. The van der Waals surface area contributed by atoms with E-state index in [4.69, 9.17) is 23.2 Å². The molecule has 0 saturated heterocycles. The second kappa shape index (κ2) is 13.9. The first-order valence-corrected chi connectivity index (χ1v) is 14.4. The van der Waals surface area contributed by atoms with E-state index >= 15 is 0 Å². The van der Waals surface area contributed by atoms with Gasteiger partial charge in [0.1, 0.15) is 6.54 Å². The Balaban J connectivity index is 1.48. The van der Waals surface area contributed by atoms with E-state index in [1.54, 1.807) is 41.3 Å². The van der Waals surface area contributed by atoms with Gasteiger partial charge in [0, 0.05) is 27.0 Å². The molecule has 9 nitrogen and oxygen atoms in total. The van der Waals surface area contributed by atoms with Gasteiger partial charge in [0.05, 0.1) is 6.54 Å². The standard InChI is InChI=1S/C30H27Cl2F3N8O/c31-23-14-24(32)16-25(15-23)37-29(36-18-30(33,34)35)43(26-12-10-21(11-13-26)20-4-2-1-3-5-20)17-19-6-8-22(9-7-19)27(44)38-28-39-41-42-40-28/h4,6-16H,1-3,5,17-18H2,(H,36,37)(H2,38,39,40,41,42,44). The number of nitrogens with zero attached hydrogens (tertiary/aromatic N) is 5. The van der Waals surface area contributed by atoms with Crippen molar-refractivity contribution in [2.24, 2.45) is 4.99 Å². The van der Waals surface area contributed by atoms with Crippen LogP contribution in [0.3, 0.4) is 0 Å². The molecular weight excluding hydrogens is 616 g/mol. The number of guanidine groups is 1. The van der Waals surface area contributed by atoms with Gasteiger partial charge in [-0.1, -0.05) is 58.6 Å². The molecule has 1 aromatic heterocycles. The lowest BCUT2D eigenvalue weighted by Crippen LogP contribution is -2.37. The molecule has 1 aliphatic rings. The van der Waals surface area contributed by atoms with Crippen molar-refractivity contribution in [2.75, 3.05) is 22.1 Å². The molecule has 228 valence electrons. The number of anilines is 3. The summed E-state index contributed by atoms with van der Waals surface area (Å²) in [6.45, 7) is -1.30. The molecule has 3 aromatic carbocycles. The van der Waals surface area contributed by atoms with Crippen LogP contribution in [0.2, 0.25) is 10.0 Å². The van der Waals surface area contributed by atoms with E-state index in [-0.39, 0.29) is 18.5 Å². The molecule has 5 rings (SSSR count). The van der Waals surface area contributed by atoms with Crippen LogP contribution >= 0.6 is 23.2 Å². The van der Waals surface area contributed by atoms with Gasteiger partial charge in [-0.05, 0) is 90.1 Å². The predicted molar refractivity (Wildman–Crippen MR) is 166 cm³/mol. The van der Waals surface area contributed by atoms with Crippen LogP contribution in [0, 0.1) is 0 Å². The van der Waals surface area contributed by atoms with Crippen molar-refractivity contribution in [3.8, 4) is 0 Å². The van der Waals surface area contributed by atoms with Crippen molar-refractivity contribution in [3.63, 3.8) is 0 Å². The van der Waals surface area contributed by atoms with Gasteiger partial charge >= 0.3 is 6.18 Å². The molecule has 44 heavy (non-hydrogen) atoms. The van der Waals surface area contributed by atoms with Gasteiger partial charge < -0.3 is 10.2 Å². The van der Waals surface area contributed by atoms with Crippen molar-refractivity contribution in [1.29, 1.82) is 0 Å². The number of benzene rings is 3. The summed E-state index contributed by atoms with van der Waals surface area (Å²) in [5.74, 6) is -0.492. The summed E-state index contributed by atoms with van der Waals surface area (Å²) >= 11 is 12.4. The summed E-state index contributed by atoms with van der Waals surface area (Å²) in [4.78, 5) is 18.1. The molecule has 0 spiro atoms. The molecule has 1 aliphatic carbocycles. The number of alkyl halides is 3. The van der Waals surface area contributed by atoms with E-state index in [1.165, 1.54) is 11.6 Å². The summed E-state index contributed by atoms with van der Waals surface area (Å²) in [6, 6.07) is 18.8. The number of aromatic nitrogens is 4. The number of aromatic amines is 1. The smallest absolute Gasteiger partial charge is 0.326 e. The number of hydrogen-bond acceptors (Lipinski definition) is 5. The third-order valence-corrected chi connectivity index (χ3v) is 7.19. The molecule has 0 unspecified atom stereocenters.